The molecular weight excluding hydrogens is 368 g/mol. The average Bonchev–Trinajstić information content (AvgIpc) is 3.31. The second-order valence-electron chi connectivity index (χ2n) is 6.66. The van der Waals surface area contributed by atoms with E-state index in [0.717, 1.165) is 22.5 Å². The van der Waals surface area contributed by atoms with Gasteiger partial charge in [0.2, 0.25) is 5.91 Å². The Kier molecular flexibility index (Phi) is 4.53. The third kappa shape index (κ3) is 3.63. The molecule has 2 aromatic rings. The van der Waals surface area contributed by atoms with Gasteiger partial charge in [0.05, 0.1) is 11.6 Å². The minimum atomic E-state index is -0.870. The van der Waals surface area contributed by atoms with Gasteiger partial charge < -0.3 is 15.3 Å². The summed E-state index contributed by atoms with van der Waals surface area (Å²) >= 11 is 1.32. The molecule has 27 heavy (non-hydrogen) atoms. The molecule has 4 rings (SSSR count). The fourth-order valence-electron chi connectivity index (χ4n) is 3.32. The van der Waals surface area contributed by atoms with Crippen molar-refractivity contribution in [2.24, 2.45) is 5.92 Å². The van der Waals surface area contributed by atoms with Crippen molar-refractivity contribution >= 4 is 40.1 Å². The van der Waals surface area contributed by atoms with Gasteiger partial charge >= 0.3 is 12.0 Å². The summed E-state index contributed by atoms with van der Waals surface area (Å²) in [6, 6.07) is 5.44. The first kappa shape index (κ1) is 17.5. The van der Waals surface area contributed by atoms with E-state index >= 15 is 0 Å². The second kappa shape index (κ2) is 6.99. The van der Waals surface area contributed by atoms with Crippen LogP contribution in [0.15, 0.2) is 23.6 Å². The number of likely N-dealkylation sites (tertiary alicyclic amines) is 1. The van der Waals surface area contributed by atoms with E-state index in [9.17, 15) is 14.4 Å². The van der Waals surface area contributed by atoms with E-state index in [1.807, 2.05) is 23.6 Å². The maximum Gasteiger partial charge on any atom is 0.323 e. The molecule has 140 valence electrons. The third-order valence-electron chi connectivity index (χ3n) is 4.84. The Bertz CT molecular complexity index is 926. The Morgan fingerprint density at radius 1 is 1.33 bits per heavy atom. The zero-order valence-corrected chi connectivity index (χ0v) is 15.2. The quantitative estimate of drug-likeness (QED) is 0.751. The van der Waals surface area contributed by atoms with Crippen LogP contribution in [-0.2, 0) is 16.0 Å². The van der Waals surface area contributed by atoms with Crippen molar-refractivity contribution in [2.45, 2.75) is 19.3 Å². The molecule has 2 aliphatic heterocycles. The summed E-state index contributed by atoms with van der Waals surface area (Å²) in [7, 11) is 0. The van der Waals surface area contributed by atoms with Crippen LogP contribution >= 0.6 is 11.3 Å². The number of fused-ring (bicyclic) bond motifs is 1. The molecule has 0 aliphatic carbocycles. The van der Waals surface area contributed by atoms with Crippen LogP contribution in [0.4, 0.5) is 15.6 Å². The molecule has 2 aliphatic rings. The van der Waals surface area contributed by atoms with E-state index < -0.39 is 11.9 Å². The Labute approximate surface area is 159 Å². The molecule has 3 heterocycles. The number of aryl methyl sites for hydroxylation is 1. The summed E-state index contributed by atoms with van der Waals surface area (Å²) in [6.07, 6.45) is 1.64. The third-order valence-corrected chi connectivity index (χ3v) is 5.60. The van der Waals surface area contributed by atoms with Crippen molar-refractivity contribution in [1.29, 1.82) is 0 Å². The first-order valence-corrected chi connectivity index (χ1v) is 9.55. The number of nitrogens with one attached hydrogen (secondary N) is 2. The van der Waals surface area contributed by atoms with Crippen molar-refractivity contribution in [3.63, 3.8) is 0 Å². The Hall–Kier alpha value is -2.94. The zero-order valence-electron chi connectivity index (χ0n) is 14.4. The molecule has 9 heteroatoms. The summed E-state index contributed by atoms with van der Waals surface area (Å²) < 4.78 is 0. The number of thiazole rings is 1. The number of benzene rings is 1. The molecule has 3 amide bonds. The van der Waals surface area contributed by atoms with Gasteiger partial charge in [-0.3, -0.25) is 14.9 Å². The maximum atomic E-state index is 12.3. The molecular formula is C18H18N4O4S. The van der Waals surface area contributed by atoms with Gasteiger partial charge in [-0.1, -0.05) is 6.07 Å². The lowest BCUT2D eigenvalue weighted by Crippen LogP contribution is -2.33. The fourth-order valence-corrected chi connectivity index (χ4v) is 4.03. The predicted molar refractivity (Wildman–Crippen MR) is 101 cm³/mol. The lowest BCUT2D eigenvalue weighted by atomic mass is 9.99. The highest BCUT2D eigenvalue weighted by Crippen LogP contribution is 2.30. The number of carbonyl (C=O) groups is 3. The Morgan fingerprint density at radius 3 is 2.96 bits per heavy atom. The minimum absolute atomic E-state index is 0.0287. The summed E-state index contributed by atoms with van der Waals surface area (Å²) in [5, 5.41) is 17.0. The number of carboxylic acid groups (broad SMARTS) is 1. The highest BCUT2D eigenvalue weighted by Gasteiger charge is 2.31. The number of carboxylic acids is 1. The van der Waals surface area contributed by atoms with Crippen molar-refractivity contribution < 1.29 is 19.5 Å². The Morgan fingerprint density at radius 2 is 2.19 bits per heavy atom. The highest BCUT2D eigenvalue weighted by atomic mass is 32.1. The largest absolute Gasteiger partial charge is 0.481 e. The minimum Gasteiger partial charge on any atom is -0.481 e. The Balaban J connectivity index is 1.44. The summed E-state index contributed by atoms with van der Waals surface area (Å²) in [5.74, 6) is -1.34. The number of carbonyl (C=O) groups excluding carboxylic acids is 2. The number of rotatable bonds is 3. The van der Waals surface area contributed by atoms with Gasteiger partial charge in [-0.2, -0.15) is 0 Å². The molecule has 0 saturated carbocycles. The molecule has 1 atom stereocenters. The van der Waals surface area contributed by atoms with E-state index in [2.05, 4.69) is 15.6 Å². The lowest BCUT2D eigenvalue weighted by molar-refractivity contribution is -0.141. The van der Waals surface area contributed by atoms with Gasteiger partial charge in [-0.25, -0.2) is 9.78 Å². The summed E-state index contributed by atoms with van der Waals surface area (Å²) in [4.78, 5) is 40.7. The normalized spacial score (nSPS) is 18.7. The van der Waals surface area contributed by atoms with Crippen LogP contribution in [0.1, 0.15) is 18.4 Å². The standard InChI is InChI=1S/C18H18N4O4S/c23-15-4-2-10-7-11(1-3-13(10)19-15)14-9-27-17(20-14)21-18(26)22-6-5-12(8-22)16(24)25/h1,3,7,9,12H,2,4-6,8H2,(H,19,23)(H,24,25)(H,20,21,26). The van der Waals surface area contributed by atoms with Crippen LogP contribution in [0.5, 0.6) is 0 Å². The number of urea groups is 1. The second-order valence-corrected chi connectivity index (χ2v) is 7.52. The van der Waals surface area contributed by atoms with Crippen molar-refractivity contribution in [3.8, 4) is 11.3 Å². The zero-order chi connectivity index (χ0) is 19.0. The first-order chi connectivity index (χ1) is 13.0. The van der Waals surface area contributed by atoms with Crippen LogP contribution in [0.25, 0.3) is 11.3 Å². The van der Waals surface area contributed by atoms with E-state index in [1.54, 1.807) is 0 Å². The van der Waals surface area contributed by atoms with E-state index in [4.69, 9.17) is 5.11 Å². The predicted octanol–water partition coefficient (Wildman–Crippen LogP) is 2.63. The van der Waals surface area contributed by atoms with Crippen LogP contribution in [0.2, 0.25) is 0 Å². The molecule has 8 nitrogen and oxygen atoms in total. The van der Waals surface area contributed by atoms with Gasteiger partial charge in [0.25, 0.3) is 0 Å². The number of hydrogen-bond donors (Lipinski definition) is 3. The van der Waals surface area contributed by atoms with Crippen molar-refractivity contribution in [2.75, 3.05) is 23.7 Å². The van der Waals surface area contributed by atoms with Crippen LogP contribution in [0, 0.1) is 5.92 Å². The SMILES string of the molecule is O=C1CCc2cc(-c3csc(NC(=O)N4CCC(C(=O)O)C4)n3)ccc2N1. The molecule has 1 aromatic heterocycles. The average molecular weight is 386 g/mol. The highest BCUT2D eigenvalue weighted by molar-refractivity contribution is 7.14. The number of aliphatic carboxylic acids is 1. The van der Waals surface area contributed by atoms with Gasteiger partial charge in [-0.15, -0.1) is 11.3 Å². The van der Waals surface area contributed by atoms with E-state index in [-0.39, 0.29) is 18.5 Å². The molecule has 3 N–H and O–H groups in total. The van der Waals surface area contributed by atoms with Crippen LogP contribution in [-0.4, -0.2) is 46.0 Å². The van der Waals surface area contributed by atoms with Crippen molar-refractivity contribution in [3.05, 3.63) is 29.1 Å². The van der Waals surface area contributed by atoms with Gasteiger partial charge in [0.15, 0.2) is 5.13 Å². The summed E-state index contributed by atoms with van der Waals surface area (Å²) in [5.41, 5.74) is 3.58. The molecule has 0 spiro atoms. The van der Waals surface area contributed by atoms with E-state index in [0.29, 0.717) is 30.9 Å². The number of anilines is 2. The monoisotopic (exact) mass is 386 g/mol. The fraction of sp³-hybridized carbons (Fsp3) is 0.333. The van der Waals surface area contributed by atoms with Crippen LogP contribution < -0.4 is 10.6 Å². The lowest BCUT2D eigenvalue weighted by Gasteiger charge is -2.17. The molecule has 1 fully saturated rings. The summed E-state index contributed by atoms with van der Waals surface area (Å²) in [6.45, 7) is 0.646. The molecule has 1 saturated heterocycles. The molecule has 1 unspecified atom stereocenters. The van der Waals surface area contributed by atoms with Gasteiger partial charge in [-0.05, 0) is 30.5 Å². The molecule has 0 radical (unpaired) electrons. The van der Waals surface area contributed by atoms with Crippen LogP contribution in [0.3, 0.4) is 0 Å². The molecule has 1 aromatic carbocycles. The smallest absolute Gasteiger partial charge is 0.323 e. The number of aromatic nitrogens is 1. The number of amides is 3. The van der Waals surface area contributed by atoms with Gasteiger partial charge in [0, 0.05) is 36.1 Å². The van der Waals surface area contributed by atoms with Gasteiger partial charge in [0.1, 0.15) is 0 Å². The van der Waals surface area contributed by atoms with E-state index in [1.165, 1.54) is 16.2 Å². The molecule has 0 bridgehead atoms. The number of hydrogen-bond acceptors (Lipinski definition) is 5. The van der Waals surface area contributed by atoms with Crippen molar-refractivity contribution in [1.82, 2.24) is 9.88 Å². The topological polar surface area (TPSA) is 112 Å². The number of nitrogens with zero attached hydrogens (tertiary/aromatic N) is 2. The first-order valence-electron chi connectivity index (χ1n) is 8.67. The maximum absolute atomic E-state index is 12.3.